The Balaban J connectivity index is 1.58. The summed E-state index contributed by atoms with van der Waals surface area (Å²) >= 11 is 13.5. The van der Waals surface area contributed by atoms with Crippen molar-refractivity contribution in [3.63, 3.8) is 0 Å². The van der Waals surface area contributed by atoms with Crippen LogP contribution in [0.3, 0.4) is 0 Å². The molecule has 43 heavy (non-hydrogen) atoms. The fourth-order valence-electron chi connectivity index (χ4n) is 4.58. The van der Waals surface area contributed by atoms with E-state index in [0.29, 0.717) is 79.8 Å². The van der Waals surface area contributed by atoms with Gasteiger partial charge in [0.15, 0.2) is 5.65 Å². The number of hydrogen-bond donors (Lipinski definition) is 2. The molecule has 0 bridgehead atoms. The minimum absolute atomic E-state index is 0.309. The van der Waals surface area contributed by atoms with E-state index >= 15 is 0 Å². The fourth-order valence-corrected chi connectivity index (χ4v) is 5.28. The van der Waals surface area contributed by atoms with Crippen LogP contribution >= 0.6 is 23.2 Å². The quantitative estimate of drug-likeness (QED) is 0.166. The Bertz CT molecular complexity index is 1820. The van der Waals surface area contributed by atoms with Gasteiger partial charge in [-0.3, -0.25) is 9.20 Å². The topological polar surface area (TPSA) is 115 Å². The molecule has 0 spiro atoms. The number of imidazole rings is 1. The molecule has 0 saturated heterocycles. The van der Waals surface area contributed by atoms with Crippen molar-refractivity contribution in [2.24, 2.45) is 0 Å². The number of nitrogens with zero attached hydrogens (tertiary/aromatic N) is 5. The van der Waals surface area contributed by atoms with Gasteiger partial charge in [0.25, 0.3) is 0 Å². The smallest absolute Gasteiger partial charge is 0.247 e. The van der Waals surface area contributed by atoms with Gasteiger partial charge in [-0.25, -0.2) is 9.97 Å². The van der Waals surface area contributed by atoms with Crippen molar-refractivity contribution in [1.82, 2.24) is 19.4 Å². The van der Waals surface area contributed by atoms with Crippen molar-refractivity contribution < 1.29 is 19.0 Å². The highest BCUT2D eigenvalue weighted by atomic mass is 35.5. The lowest BCUT2D eigenvalue weighted by atomic mass is 10.0. The van der Waals surface area contributed by atoms with Crippen molar-refractivity contribution in [2.45, 2.75) is 0 Å². The number of carbonyl (C=O) groups is 1. The summed E-state index contributed by atoms with van der Waals surface area (Å²) in [7, 11) is 6.64. The molecule has 2 aromatic carbocycles. The van der Waals surface area contributed by atoms with Crippen LogP contribution in [0.2, 0.25) is 10.0 Å². The number of anilines is 4. The summed E-state index contributed by atoms with van der Waals surface area (Å²) < 4.78 is 17.9. The number of ether oxygens (including phenoxy) is 3. The molecule has 5 rings (SSSR count). The second-order valence-electron chi connectivity index (χ2n) is 9.40. The van der Waals surface area contributed by atoms with E-state index in [1.807, 2.05) is 40.6 Å². The van der Waals surface area contributed by atoms with E-state index in [9.17, 15) is 4.79 Å². The lowest BCUT2D eigenvalue weighted by Gasteiger charge is -2.21. The third kappa shape index (κ3) is 5.87. The van der Waals surface area contributed by atoms with E-state index in [1.54, 1.807) is 31.8 Å². The molecule has 11 nitrogen and oxygen atoms in total. The van der Waals surface area contributed by atoms with Crippen molar-refractivity contribution in [2.75, 3.05) is 57.1 Å². The van der Waals surface area contributed by atoms with Crippen LogP contribution in [0.1, 0.15) is 0 Å². The van der Waals surface area contributed by atoms with Crippen LogP contribution in [0.25, 0.3) is 27.8 Å². The molecule has 2 N–H and O–H groups in total. The molecule has 0 atom stereocenters. The summed E-state index contributed by atoms with van der Waals surface area (Å²) in [4.78, 5) is 28.2. The van der Waals surface area contributed by atoms with Crippen LogP contribution in [-0.2, 0) is 9.53 Å². The van der Waals surface area contributed by atoms with E-state index in [1.165, 1.54) is 20.3 Å². The standard InChI is InChI=1S/C30H29Cl2N7O4/c1-6-24(40)35-21-14-18(38(2)11-12-41-3)7-8-20(21)36-30-34-16-17-13-19(29-33-9-10-39(29)28(17)37-30)25-26(31)22(42-4)15-23(43-5)27(25)32/h6-10,13-16H,1,11-12H2,2-5H3,(H,35,40)(H,34,36,37). The van der Waals surface area contributed by atoms with Crippen molar-refractivity contribution in [1.29, 1.82) is 0 Å². The normalized spacial score (nSPS) is 11.0. The lowest BCUT2D eigenvalue weighted by molar-refractivity contribution is -0.111. The molecule has 0 radical (unpaired) electrons. The maximum absolute atomic E-state index is 12.2. The number of nitrogens with one attached hydrogen (secondary N) is 2. The number of halogens is 2. The lowest BCUT2D eigenvalue weighted by Crippen LogP contribution is -2.22. The maximum atomic E-state index is 12.2. The number of carbonyl (C=O) groups excluding carboxylic acids is 1. The molecule has 0 aliphatic heterocycles. The summed E-state index contributed by atoms with van der Waals surface area (Å²) in [6.07, 6.45) is 6.34. The SMILES string of the molecule is C=CC(=O)Nc1cc(N(C)CCOC)ccc1Nc1ncc2cc(-c3c(Cl)c(OC)cc(OC)c3Cl)c3nccn3c2n1. The minimum atomic E-state index is -0.349. The zero-order chi connectivity index (χ0) is 30.7. The minimum Gasteiger partial charge on any atom is -0.495 e. The first-order valence-electron chi connectivity index (χ1n) is 13.1. The highest BCUT2D eigenvalue weighted by Gasteiger charge is 2.23. The van der Waals surface area contributed by atoms with Gasteiger partial charge in [-0.15, -0.1) is 0 Å². The summed E-state index contributed by atoms with van der Waals surface area (Å²) in [6, 6.07) is 9.14. The van der Waals surface area contributed by atoms with E-state index in [4.69, 9.17) is 42.4 Å². The molecule has 0 unspecified atom stereocenters. The zero-order valence-electron chi connectivity index (χ0n) is 23.9. The van der Waals surface area contributed by atoms with Gasteiger partial charge in [-0.2, -0.15) is 4.98 Å². The molecule has 0 fully saturated rings. The molecule has 222 valence electrons. The summed E-state index contributed by atoms with van der Waals surface area (Å²) in [5.41, 5.74) is 4.34. The second-order valence-corrected chi connectivity index (χ2v) is 10.2. The molecule has 3 heterocycles. The molecule has 3 aromatic heterocycles. The molecule has 0 aliphatic carbocycles. The van der Waals surface area contributed by atoms with E-state index < -0.39 is 0 Å². The Hall–Kier alpha value is -4.58. The average Bonchev–Trinajstić information content (AvgIpc) is 3.51. The number of benzene rings is 2. The number of methoxy groups -OCH3 is 3. The Morgan fingerprint density at radius 1 is 1.05 bits per heavy atom. The number of likely N-dealkylation sites (N-methyl/N-ethyl adjacent to an activating group) is 1. The molecular weight excluding hydrogens is 593 g/mol. The maximum Gasteiger partial charge on any atom is 0.247 e. The Kier molecular flexibility index (Phi) is 8.86. The predicted molar refractivity (Wildman–Crippen MR) is 171 cm³/mol. The molecule has 0 saturated carbocycles. The number of rotatable bonds is 11. The molecule has 5 aromatic rings. The van der Waals surface area contributed by atoms with Crippen LogP contribution < -0.4 is 25.0 Å². The average molecular weight is 623 g/mol. The van der Waals surface area contributed by atoms with Gasteiger partial charge in [0.1, 0.15) is 17.1 Å². The van der Waals surface area contributed by atoms with Crippen LogP contribution in [0, 0.1) is 0 Å². The van der Waals surface area contributed by atoms with Crippen LogP contribution in [0.4, 0.5) is 23.0 Å². The highest BCUT2D eigenvalue weighted by Crippen LogP contribution is 2.47. The van der Waals surface area contributed by atoms with Gasteiger partial charge in [0.2, 0.25) is 11.9 Å². The summed E-state index contributed by atoms with van der Waals surface area (Å²) in [6.45, 7) is 4.80. The number of amides is 1. The first-order valence-corrected chi connectivity index (χ1v) is 13.8. The third-order valence-corrected chi connectivity index (χ3v) is 7.56. The second kappa shape index (κ2) is 12.7. The molecule has 0 aliphatic rings. The van der Waals surface area contributed by atoms with E-state index in [-0.39, 0.29) is 5.91 Å². The summed E-state index contributed by atoms with van der Waals surface area (Å²) in [5, 5.41) is 7.43. The van der Waals surface area contributed by atoms with Crippen molar-refractivity contribution in [3.8, 4) is 22.6 Å². The zero-order valence-corrected chi connectivity index (χ0v) is 25.5. The van der Waals surface area contributed by atoms with Crippen molar-refractivity contribution in [3.05, 3.63) is 71.6 Å². The first-order chi connectivity index (χ1) is 20.8. The number of pyridine rings is 1. The van der Waals surface area contributed by atoms with Crippen LogP contribution in [-0.4, -0.2) is 66.8 Å². The van der Waals surface area contributed by atoms with Gasteiger partial charge in [-0.05, 0) is 30.3 Å². The van der Waals surface area contributed by atoms with E-state index in [2.05, 4.69) is 27.2 Å². The van der Waals surface area contributed by atoms with Gasteiger partial charge in [0, 0.05) is 67.6 Å². The van der Waals surface area contributed by atoms with Gasteiger partial charge in [-0.1, -0.05) is 29.8 Å². The van der Waals surface area contributed by atoms with Gasteiger partial charge < -0.3 is 29.7 Å². The largest absolute Gasteiger partial charge is 0.495 e. The van der Waals surface area contributed by atoms with Gasteiger partial charge in [0.05, 0.1) is 42.2 Å². The summed E-state index contributed by atoms with van der Waals surface area (Å²) in [5.74, 6) is 0.782. The number of hydrogen-bond acceptors (Lipinski definition) is 9. The van der Waals surface area contributed by atoms with Crippen LogP contribution in [0.5, 0.6) is 11.5 Å². The number of fused-ring (bicyclic) bond motifs is 3. The van der Waals surface area contributed by atoms with Gasteiger partial charge >= 0.3 is 0 Å². The fraction of sp³-hybridized carbons (Fsp3) is 0.200. The Morgan fingerprint density at radius 2 is 1.79 bits per heavy atom. The third-order valence-electron chi connectivity index (χ3n) is 6.81. The Labute approximate surface area is 258 Å². The molecule has 1 amide bonds. The highest BCUT2D eigenvalue weighted by molar-refractivity contribution is 6.41. The predicted octanol–water partition coefficient (Wildman–Crippen LogP) is 6.22. The Morgan fingerprint density at radius 3 is 2.47 bits per heavy atom. The van der Waals surface area contributed by atoms with E-state index in [0.717, 1.165) is 5.69 Å². The monoisotopic (exact) mass is 621 g/mol. The van der Waals surface area contributed by atoms with Crippen LogP contribution in [0.15, 0.2) is 61.6 Å². The first kappa shape index (κ1) is 29.9. The molecular formula is C30H29Cl2N7O4. The van der Waals surface area contributed by atoms with Crippen molar-refractivity contribution >= 4 is 68.8 Å². The molecule has 13 heteroatoms. The number of aromatic nitrogens is 4.